The number of hydrogen-bond donors (Lipinski definition) is 1. The fraction of sp³-hybridized carbons (Fsp3) is 0.500. The summed E-state index contributed by atoms with van der Waals surface area (Å²) in [6.07, 6.45) is 4.99. The first-order valence-electron chi connectivity index (χ1n) is 11.6. The lowest BCUT2D eigenvalue weighted by Gasteiger charge is -2.43. The maximum atomic E-state index is 12.8. The number of ether oxygens (including phenoxy) is 1. The lowest BCUT2D eigenvalue weighted by Crippen LogP contribution is -2.48. The zero-order valence-electron chi connectivity index (χ0n) is 19.0. The molecule has 10 heteroatoms. The minimum Gasteiger partial charge on any atom is -0.465 e. The predicted octanol–water partition coefficient (Wildman–Crippen LogP) is 3.65. The number of carbonyl (C=O) groups excluding carboxylic acids is 2. The van der Waals surface area contributed by atoms with E-state index >= 15 is 0 Å². The minimum absolute atomic E-state index is 0.0656. The SMILES string of the molecule is COC(=O)c1c(NC(=O)CSC(=S)N2C[C@@H]3C[C@@H](C2)c2cccc(=O)n2C3)sc2c1CCCC2. The second kappa shape index (κ2) is 9.83. The molecule has 1 aliphatic carbocycles. The summed E-state index contributed by atoms with van der Waals surface area (Å²) < 4.78 is 7.60. The third kappa shape index (κ3) is 4.55. The lowest BCUT2D eigenvalue weighted by molar-refractivity contribution is -0.113. The molecule has 0 unspecified atom stereocenters. The third-order valence-corrected chi connectivity index (χ3v) is 9.61. The first-order chi connectivity index (χ1) is 16.4. The van der Waals surface area contributed by atoms with Crippen LogP contribution in [0.4, 0.5) is 5.00 Å². The van der Waals surface area contributed by atoms with Crippen LogP contribution in [-0.4, -0.2) is 51.6 Å². The number of rotatable bonds is 4. The fourth-order valence-electron chi connectivity index (χ4n) is 5.40. The van der Waals surface area contributed by atoms with Gasteiger partial charge in [0.15, 0.2) is 0 Å². The molecule has 3 aliphatic rings. The molecule has 180 valence electrons. The van der Waals surface area contributed by atoms with Gasteiger partial charge in [-0.15, -0.1) is 11.3 Å². The van der Waals surface area contributed by atoms with Crippen molar-refractivity contribution in [2.75, 3.05) is 31.3 Å². The Labute approximate surface area is 211 Å². The van der Waals surface area contributed by atoms with Crippen LogP contribution in [0.5, 0.6) is 0 Å². The number of methoxy groups -OCH3 is 1. The summed E-state index contributed by atoms with van der Waals surface area (Å²) in [5.41, 5.74) is 2.69. The third-order valence-electron chi connectivity index (χ3n) is 6.88. The summed E-state index contributed by atoms with van der Waals surface area (Å²) in [5.74, 6) is 0.263. The van der Waals surface area contributed by atoms with Gasteiger partial charge in [-0.3, -0.25) is 9.59 Å². The monoisotopic (exact) mass is 517 g/mol. The summed E-state index contributed by atoms with van der Waals surface area (Å²) in [5, 5.41) is 3.53. The Balaban J connectivity index is 1.22. The van der Waals surface area contributed by atoms with Gasteiger partial charge in [0.25, 0.3) is 5.56 Å². The molecule has 0 spiro atoms. The maximum absolute atomic E-state index is 12.8. The highest BCUT2D eigenvalue weighted by molar-refractivity contribution is 8.23. The van der Waals surface area contributed by atoms with Gasteiger partial charge < -0.3 is 19.5 Å². The normalized spacial score (nSPS) is 20.8. The number of amides is 1. The predicted molar refractivity (Wildman–Crippen MR) is 139 cm³/mol. The van der Waals surface area contributed by atoms with E-state index in [4.69, 9.17) is 17.0 Å². The van der Waals surface area contributed by atoms with Crippen LogP contribution in [0, 0.1) is 5.92 Å². The molecule has 2 aromatic rings. The molecule has 4 heterocycles. The number of esters is 1. The van der Waals surface area contributed by atoms with Crippen molar-refractivity contribution >= 4 is 56.5 Å². The second-order valence-corrected chi connectivity index (χ2v) is 11.8. The van der Waals surface area contributed by atoms with Crippen LogP contribution in [0.3, 0.4) is 0 Å². The van der Waals surface area contributed by atoms with Crippen molar-refractivity contribution in [3.63, 3.8) is 0 Å². The Bertz CT molecular complexity index is 1200. The highest BCUT2D eigenvalue weighted by Crippen LogP contribution is 2.39. The molecule has 2 aliphatic heterocycles. The van der Waals surface area contributed by atoms with Gasteiger partial charge in [0, 0.05) is 42.2 Å². The number of thiophene rings is 1. The largest absolute Gasteiger partial charge is 0.465 e. The summed E-state index contributed by atoms with van der Waals surface area (Å²) in [6.45, 7) is 2.28. The van der Waals surface area contributed by atoms with Gasteiger partial charge in [-0.1, -0.05) is 30.0 Å². The van der Waals surface area contributed by atoms with Crippen LogP contribution in [0.2, 0.25) is 0 Å². The highest BCUT2D eigenvalue weighted by atomic mass is 32.2. The van der Waals surface area contributed by atoms with E-state index in [1.54, 1.807) is 6.07 Å². The Morgan fingerprint density at radius 2 is 2.06 bits per heavy atom. The molecule has 1 saturated heterocycles. The van der Waals surface area contributed by atoms with Crippen molar-refractivity contribution in [2.45, 2.75) is 44.6 Å². The maximum Gasteiger partial charge on any atom is 0.341 e. The molecule has 1 amide bonds. The van der Waals surface area contributed by atoms with Gasteiger partial charge in [-0.05, 0) is 49.7 Å². The number of carbonyl (C=O) groups is 2. The second-order valence-electron chi connectivity index (χ2n) is 9.11. The van der Waals surface area contributed by atoms with Crippen LogP contribution in [-0.2, 0) is 28.9 Å². The number of aryl methyl sites for hydroxylation is 1. The van der Waals surface area contributed by atoms with Crippen molar-refractivity contribution in [3.8, 4) is 0 Å². The van der Waals surface area contributed by atoms with E-state index in [2.05, 4.69) is 10.2 Å². The average molecular weight is 518 g/mol. The van der Waals surface area contributed by atoms with E-state index in [0.29, 0.717) is 20.8 Å². The summed E-state index contributed by atoms with van der Waals surface area (Å²) in [7, 11) is 1.37. The highest BCUT2D eigenvalue weighted by Gasteiger charge is 2.35. The molecule has 2 atom stereocenters. The van der Waals surface area contributed by atoms with E-state index in [0.717, 1.165) is 63.0 Å². The molecule has 34 heavy (non-hydrogen) atoms. The van der Waals surface area contributed by atoms with Crippen LogP contribution < -0.4 is 10.9 Å². The number of nitrogens with zero attached hydrogens (tertiary/aromatic N) is 2. The molecule has 5 rings (SSSR count). The van der Waals surface area contributed by atoms with Crippen molar-refractivity contribution < 1.29 is 14.3 Å². The van der Waals surface area contributed by atoms with Crippen molar-refractivity contribution in [3.05, 3.63) is 50.3 Å². The topological polar surface area (TPSA) is 80.6 Å². The number of fused-ring (bicyclic) bond motifs is 5. The van der Waals surface area contributed by atoms with Crippen LogP contribution in [0.25, 0.3) is 0 Å². The van der Waals surface area contributed by atoms with Crippen molar-refractivity contribution in [1.82, 2.24) is 9.47 Å². The Hall–Kier alpha value is -2.17. The molecule has 0 aromatic carbocycles. The number of likely N-dealkylation sites (tertiary alicyclic amines) is 1. The van der Waals surface area contributed by atoms with Crippen LogP contribution >= 0.6 is 35.3 Å². The number of aromatic nitrogens is 1. The van der Waals surface area contributed by atoms with Gasteiger partial charge in [0.05, 0.1) is 18.4 Å². The number of hydrogen-bond acceptors (Lipinski definition) is 7. The molecular formula is C24H27N3O4S3. The number of thiocarbonyl (C=S) groups is 1. The Kier molecular flexibility index (Phi) is 6.81. The summed E-state index contributed by atoms with van der Waals surface area (Å²) in [4.78, 5) is 40.8. The van der Waals surface area contributed by atoms with E-state index in [9.17, 15) is 14.4 Å². The fourth-order valence-corrected chi connectivity index (χ4v) is 7.68. The van der Waals surface area contributed by atoms with Gasteiger partial charge >= 0.3 is 5.97 Å². The molecular weight excluding hydrogens is 490 g/mol. The quantitative estimate of drug-likeness (QED) is 0.490. The van der Waals surface area contributed by atoms with Gasteiger partial charge in [0.2, 0.25) is 5.91 Å². The number of anilines is 1. The smallest absolute Gasteiger partial charge is 0.341 e. The number of thioether (sulfide) groups is 1. The average Bonchev–Trinajstić information content (AvgIpc) is 3.20. The molecule has 0 saturated carbocycles. The van der Waals surface area contributed by atoms with Gasteiger partial charge in [-0.2, -0.15) is 0 Å². The number of piperidine rings is 1. The molecule has 2 bridgehead atoms. The van der Waals surface area contributed by atoms with Crippen LogP contribution in [0.1, 0.15) is 51.7 Å². The van der Waals surface area contributed by atoms with E-state index in [1.807, 2.05) is 16.7 Å². The minimum atomic E-state index is -0.392. The Morgan fingerprint density at radius 1 is 1.24 bits per heavy atom. The first-order valence-corrected chi connectivity index (χ1v) is 13.8. The zero-order valence-corrected chi connectivity index (χ0v) is 21.5. The molecule has 7 nitrogen and oxygen atoms in total. The standard InChI is InChI=1S/C24H27N3O4S3/c1-31-23(30)21-16-5-2-3-7-18(16)34-22(21)25-19(28)13-33-24(32)26-10-14-9-15(12-26)17-6-4-8-20(29)27(17)11-14/h4,6,8,14-15H,2-3,5,7,9-13H2,1H3,(H,25,28)/t14-,15-/m0/s1. The Morgan fingerprint density at radius 3 is 2.88 bits per heavy atom. The lowest BCUT2D eigenvalue weighted by atomic mass is 9.83. The molecule has 2 aromatic heterocycles. The van der Waals surface area contributed by atoms with E-state index in [1.165, 1.54) is 35.1 Å². The summed E-state index contributed by atoms with van der Waals surface area (Å²) in [6, 6.07) is 5.49. The van der Waals surface area contributed by atoms with E-state index in [-0.39, 0.29) is 23.1 Å². The van der Waals surface area contributed by atoms with Crippen molar-refractivity contribution in [2.24, 2.45) is 5.92 Å². The first kappa shape index (κ1) is 23.6. The van der Waals surface area contributed by atoms with Gasteiger partial charge in [-0.25, -0.2) is 4.79 Å². The number of pyridine rings is 1. The van der Waals surface area contributed by atoms with Crippen molar-refractivity contribution in [1.29, 1.82) is 0 Å². The van der Waals surface area contributed by atoms with Crippen LogP contribution in [0.15, 0.2) is 23.0 Å². The number of nitrogens with one attached hydrogen (secondary N) is 1. The van der Waals surface area contributed by atoms with E-state index < -0.39 is 5.97 Å². The van der Waals surface area contributed by atoms with Gasteiger partial charge in [0.1, 0.15) is 9.32 Å². The molecule has 1 N–H and O–H groups in total. The summed E-state index contributed by atoms with van der Waals surface area (Å²) >= 11 is 8.53. The molecule has 0 radical (unpaired) electrons. The molecule has 1 fully saturated rings. The zero-order chi connectivity index (χ0) is 23.8.